The largest absolute Gasteiger partial charge is 0.486 e. The monoisotopic (exact) mass is 266 g/mol. The summed E-state index contributed by atoms with van der Waals surface area (Å²) in [6.45, 7) is 4.10. The molecule has 0 aliphatic carbocycles. The van der Waals surface area contributed by atoms with E-state index in [0.29, 0.717) is 12.4 Å². The van der Waals surface area contributed by atoms with Crippen molar-refractivity contribution >= 4 is 11.3 Å². The Balaban J connectivity index is 2.15. The van der Waals surface area contributed by atoms with Crippen molar-refractivity contribution in [1.82, 2.24) is 4.98 Å². The lowest BCUT2D eigenvalue weighted by Crippen LogP contribution is -2.08. The van der Waals surface area contributed by atoms with Crippen LogP contribution in [0.5, 0.6) is 5.75 Å². The number of aromatic nitrogens is 1. The quantitative estimate of drug-likeness (QED) is 0.924. The highest BCUT2D eigenvalue weighted by atomic mass is 32.1. The van der Waals surface area contributed by atoms with Crippen LogP contribution in [0, 0.1) is 12.7 Å². The molecule has 0 bridgehead atoms. The zero-order chi connectivity index (χ0) is 13.1. The fraction of sp³-hybridized carbons (Fsp3) is 0.308. The van der Waals surface area contributed by atoms with Gasteiger partial charge in [0.15, 0.2) is 0 Å². The summed E-state index contributed by atoms with van der Waals surface area (Å²) >= 11 is 1.53. The molecule has 0 fully saturated rings. The number of rotatable bonds is 4. The molecule has 1 aromatic heterocycles. The van der Waals surface area contributed by atoms with E-state index in [1.165, 1.54) is 23.5 Å². The lowest BCUT2D eigenvalue weighted by atomic mass is 10.1. The summed E-state index contributed by atoms with van der Waals surface area (Å²) < 4.78 is 18.8. The smallest absolute Gasteiger partial charge is 0.140 e. The number of ether oxygens (including phenoxy) is 1. The van der Waals surface area contributed by atoms with Crippen molar-refractivity contribution in [3.63, 3.8) is 0 Å². The highest BCUT2D eigenvalue weighted by molar-refractivity contribution is 7.09. The SMILES string of the molecule is Cc1csc(COc2cc(F)ccc2[C@H](C)N)n1. The van der Waals surface area contributed by atoms with Crippen LogP contribution in [0.2, 0.25) is 0 Å². The first kappa shape index (κ1) is 13.0. The molecule has 2 N–H and O–H groups in total. The Hall–Kier alpha value is -1.46. The van der Waals surface area contributed by atoms with Crippen molar-refractivity contribution in [2.75, 3.05) is 0 Å². The summed E-state index contributed by atoms with van der Waals surface area (Å²) in [5.41, 5.74) is 7.58. The molecule has 1 atom stereocenters. The summed E-state index contributed by atoms with van der Waals surface area (Å²) in [6, 6.07) is 4.21. The minimum absolute atomic E-state index is 0.196. The van der Waals surface area contributed by atoms with Crippen LogP contribution in [-0.4, -0.2) is 4.98 Å². The maximum Gasteiger partial charge on any atom is 0.140 e. The van der Waals surface area contributed by atoms with E-state index in [1.54, 1.807) is 6.07 Å². The van der Waals surface area contributed by atoms with Crippen LogP contribution in [0.15, 0.2) is 23.6 Å². The third-order valence-electron chi connectivity index (χ3n) is 2.48. The Labute approximate surface area is 109 Å². The van der Waals surface area contributed by atoms with E-state index < -0.39 is 0 Å². The molecule has 2 rings (SSSR count). The Kier molecular flexibility index (Phi) is 3.93. The highest BCUT2D eigenvalue weighted by Gasteiger charge is 2.10. The molecule has 0 unspecified atom stereocenters. The van der Waals surface area contributed by atoms with Crippen LogP contribution in [0.1, 0.15) is 29.2 Å². The molecular formula is C13H15FN2OS. The predicted molar refractivity (Wildman–Crippen MR) is 70.2 cm³/mol. The Morgan fingerprint density at radius 1 is 1.50 bits per heavy atom. The van der Waals surface area contributed by atoms with Gasteiger partial charge in [-0.2, -0.15) is 0 Å². The van der Waals surface area contributed by atoms with Crippen molar-refractivity contribution in [2.24, 2.45) is 5.73 Å². The van der Waals surface area contributed by atoms with Gasteiger partial charge in [-0.25, -0.2) is 9.37 Å². The van der Waals surface area contributed by atoms with Gasteiger partial charge in [-0.15, -0.1) is 11.3 Å². The van der Waals surface area contributed by atoms with Gasteiger partial charge in [-0.1, -0.05) is 6.07 Å². The van der Waals surface area contributed by atoms with Crippen molar-refractivity contribution < 1.29 is 9.13 Å². The van der Waals surface area contributed by atoms with E-state index in [0.717, 1.165) is 16.3 Å². The number of nitrogens with two attached hydrogens (primary N) is 1. The van der Waals surface area contributed by atoms with E-state index in [4.69, 9.17) is 10.5 Å². The molecule has 1 heterocycles. The lowest BCUT2D eigenvalue weighted by Gasteiger charge is -2.13. The zero-order valence-electron chi connectivity index (χ0n) is 10.3. The number of aryl methyl sites for hydroxylation is 1. The number of hydrogen-bond acceptors (Lipinski definition) is 4. The normalized spacial score (nSPS) is 12.4. The highest BCUT2D eigenvalue weighted by Crippen LogP contribution is 2.26. The van der Waals surface area contributed by atoms with Gasteiger partial charge in [0.05, 0.1) is 0 Å². The number of hydrogen-bond donors (Lipinski definition) is 1. The summed E-state index contributed by atoms with van der Waals surface area (Å²) in [5.74, 6) is 0.155. The average molecular weight is 266 g/mol. The Bertz CT molecular complexity index is 540. The molecule has 18 heavy (non-hydrogen) atoms. The van der Waals surface area contributed by atoms with Crippen molar-refractivity contribution in [1.29, 1.82) is 0 Å². The number of nitrogens with zero attached hydrogens (tertiary/aromatic N) is 1. The number of halogens is 1. The third-order valence-corrected chi connectivity index (χ3v) is 3.42. The topological polar surface area (TPSA) is 48.1 Å². The maximum absolute atomic E-state index is 13.2. The van der Waals surface area contributed by atoms with Crippen molar-refractivity contribution in [3.05, 3.63) is 45.7 Å². The molecular weight excluding hydrogens is 251 g/mol. The standard InChI is InChI=1S/C13H15FN2OS/c1-8-7-18-13(16-8)6-17-12-5-10(14)3-4-11(12)9(2)15/h3-5,7,9H,6,15H2,1-2H3/t9-/m0/s1. The molecule has 0 aliphatic rings. The summed E-state index contributed by atoms with van der Waals surface area (Å²) in [4.78, 5) is 4.29. The Morgan fingerprint density at radius 3 is 2.89 bits per heavy atom. The average Bonchev–Trinajstić information content (AvgIpc) is 2.72. The van der Waals surface area contributed by atoms with Crippen molar-refractivity contribution in [2.45, 2.75) is 26.5 Å². The first-order chi connectivity index (χ1) is 8.56. The molecule has 96 valence electrons. The minimum Gasteiger partial charge on any atom is -0.486 e. The van der Waals surface area contributed by atoms with E-state index in [9.17, 15) is 4.39 Å². The zero-order valence-corrected chi connectivity index (χ0v) is 11.1. The van der Waals surface area contributed by atoms with Gasteiger partial charge in [0.25, 0.3) is 0 Å². The van der Waals surface area contributed by atoms with Crippen LogP contribution < -0.4 is 10.5 Å². The van der Waals surface area contributed by atoms with Crippen molar-refractivity contribution in [3.8, 4) is 5.75 Å². The Morgan fingerprint density at radius 2 is 2.28 bits per heavy atom. The molecule has 0 radical (unpaired) electrons. The maximum atomic E-state index is 13.2. The van der Waals surface area contributed by atoms with E-state index >= 15 is 0 Å². The van der Waals surface area contributed by atoms with Crippen LogP contribution in [0.25, 0.3) is 0 Å². The first-order valence-corrected chi connectivity index (χ1v) is 6.53. The van der Waals surface area contributed by atoms with Gasteiger partial charge in [0.1, 0.15) is 23.2 Å². The minimum atomic E-state index is -0.329. The first-order valence-electron chi connectivity index (χ1n) is 5.65. The number of benzene rings is 1. The van der Waals surface area contributed by atoms with Gasteiger partial charge < -0.3 is 10.5 Å². The third kappa shape index (κ3) is 3.05. The van der Waals surface area contributed by atoms with Gasteiger partial charge in [0, 0.05) is 28.7 Å². The van der Waals surface area contributed by atoms with Crippen LogP contribution >= 0.6 is 11.3 Å². The van der Waals surface area contributed by atoms with E-state index in [2.05, 4.69) is 4.98 Å². The van der Waals surface area contributed by atoms with Crippen LogP contribution in [0.3, 0.4) is 0 Å². The molecule has 5 heteroatoms. The molecule has 0 saturated carbocycles. The number of thiazole rings is 1. The molecule has 0 saturated heterocycles. The van der Waals surface area contributed by atoms with Gasteiger partial charge in [0.2, 0.25) is 0 Å². The molecule has 0 aliphatic heterocycles. The van der Waals surface area contributed by atoms with Crippen LogP contribution in [0.4, 0.5) is 4.39 Å². The summed E-state index contributed by atoms with van der Waals surface area (Å²) in [7, 11) is 0. The lowest BCUT2D eigenvalue weighted by molar-refractivity contribution is 0.299. The summed E-state index contributed by atoms with van der Waals surface area (Å²) in [5, 5.41) is 2.82. The summed E-state index contributed by atoms with van der Waals surface area (Å²) in [6.07, 6.45) is 0. The van der Waals surface area contributed by atoms with E-state index in [1.807, 2.05) is 19.2 Å². The fourth-order valence-electron chi connectivity index (χ4n) is 1.62. The van der Waals surface area contributed by atoms with Crippen LogP contribution in [-0.2, 0) is 6.61 Å². The fourth-order valence-corrected chi connectivity index (χ4v) is 2.30. The molecule has 2 aromatic rings. The molecule has 0 amide bonds. The van der Waals surface area contributed by atoms with E-state index in [-0.39, 0.29) is 11.9 Å². The molecule has 3 nitrogen and oxygen atoms in total. The van der Waals surface area contributed by atoms with Gasteiger partial charge in [-0.3, -0.25) is 0 Å². The molecule has 1 aromatic carbocycles. The second kappa shape index (κ2) is 5.46. The molecule has 0 spiro atoms. The second-order valence-corrected chi connectivity index (χ2v) is 5.08. The van der Waals surface area contributed by atoms with Gasteiger partial charge in [-0.05, 0) is 19.9 Å². The van der Waals surface area contributed by atoms with Gasteiger partial charge >= 0.3 is 0 Å². The second-order valence-electron chi connectivity index (χ2n) is 4.14. The predicted octanol–water partition coefficient (Wildman–Crippen LogP) is 3.19.